The fourth-order valence-electron chi connectivity index (χ4n) is 2.11. The smallest absolute Gasteiger partial charge is 0.395 e. The van der Waals surface area contributed by atoms with E-state index in [9.17, 15) is 21.6 Å². The first kappa shape index (κ1) is 16.7. The van der Waals surface area contributed by atoms with Gasteiger partial charge in [-0.3, -0.25) is 0 Å². The summed E-state index contributed by atoms with van der Waals surface area (Å²) in [5, 5.41) is 17.7. The van der Waals surface area contributed by atoms with Gasteiger partial charge in [-0.1, -0.05) is 0 Å². The van der Waals surface area contributed by atoms with Crippen molar-refractivity contribution >= 4 is 10.0 Å². The van der Waals surface area contributed by atoms with Crippen LogP contribution < -0.4 is 0 Å². The van der Waals surface area contributed by atoms with Crippen molar-refractivity contribution in [3.8, 4) is 6.07 Å². The summed E-state index contributed by atoms with van der Waals surface area (Å²) in [4.78, 5) is -0.529. The highest BCUT2D eigenvalue weighted by Crippen LogP contribution is 2.36. The van der Waals surface area contributed by atoms with Crippen LogP contribution in [0.4, 0.5) is 13.2 Å². The van der Waals surface area contributed by atoms with Crippen molar-refractivity contribution in [3.05, 3.63) is 29.3 Å². The number of aliphatic hydroxyl groups is 1. The van der Waals surface area contributed by atoms with Gasteiger partial charge < -0.3 is 5.11 Å². The van der Waals surface area contributed by atoms with Crippen LogP contribution in [0.3, 0.4) is 0 Å². The van der Waals surface area contributed by atoms with Crippen molar-refractivity contribution in [3.63, 3.8) is 0 Å². The lowest BCUT2D eigenvalue weighted by molar-refractivity contribution is -0.137. The van der Waals surface area contributed by atoms with Crippen molar-refractivity contribution < 1.29 is 26.7 Å². The molecule has 5 nitrogen and oxygen atoms in total. The van der Waals surface area contributed by atoms with Crippen LogP contribution in [0.1, 0.15) is 24.0 Å². The molecule has 1 fully saturated rings. The van der Waals surface area contributed by atoms with Crippen LogP contribution in [0.25, 0.3) is 0 Å². The average Bonchev–Trinajstić information content (AvgIpc) is 3.27. The number of sulfonamides is 1. The van der Waals surface area contributed by atoms with Crippen LogP contribution in [-0.4, -0.2) is 37.0 Å². The van der Waals surface area contributed by atoms with E-state index in [1.807, 2.05) is 0 Å². The van der Waals surface area contributed by atoms with E-state index in [1.54, 1.807) is 0 Å². The van der Waals surface area contributed by atoms with Crippen LogP contribution in [0.15, 0.2) is 23.1 Å². The average molecular weight is 334 g/mol. The standard InChI is InChI=1S/C13H13F3N2O3S/c14-13(15,16)12-7-11(4-1-9(12)8-17)22(20,21)18(5-6-19)10-2-3-10/h1,4,7,10,19H,2-3,5-6H2. The number of halogens is 3. The SMILES string of the molecule is N#Cc1ccc(S(=O)(=O)N(CCO)C2CC2)cc1C(F)(F)F. The number of alkyl halides is 3. The molecular weight excluding hydrogens is 321 g/mol. The zero-order valence-electron chi connectivity index (χ0n) is 11.3. The Morgan fingerprint density at radius 3 is 2.45 bits per heavy atom. The summed E-state index contributed by atoms with van der Waals surface area (Å²) in [5.74, 6) is 0. The minimum Gasteiger partial charge on any atom is -0.395 e. The minimum atomic E-state index is -4.82. The first-order chi connectivity index (χ1) is 10.2. The van der Waals surface area contributed by atoms with Gasteiger partial charge in [0.15, 0.2) is 0 Å². The maximum atomic E-state index is 12.9. The Morgan fingerprint density at radius 1 is 1.36 bits per heavy atom. The quantitative estimate of drug-likeness (QED) is 0.889. The zero-order chi connectivity index (χ0) is 16.5. The van der Waals surface area contributed by atoms with Gasteiger partial charge >= 0.3 is 6.18 Å². The summed E-state index contributed by atoms with van der Waals surface area (Å²) < 4.78 is 64.7. The maximum absolute atomic E-state index is 12.9. The molecule has 0 saturated heterocycles. The fourth-order valence-corrected chi connectivity index (χ4v) is 3.81. The van der Waals surface area contributed by atoms with Crippen molar-refractivity contribution in [2.75, 3.05) is 13.2 Å². The second-order valence-electron chi connectivity index (χ2n) is 4.89. The Kier molecular flexibility index (Phi) is 4.47. The summed E-state index contributed by atoms with van der Waals surface area (Å²) in [5.41, 5.74) is -1.91. The fraction of sp³-hybridized carbons (Fsp3) is 0.462. The monoisotopic (exact) mass is 334 g/mol. The molecule has 120 valence electrons. The molecule has 9 heteroatoms. The summed E-state index contributed by atoms with van der Waals surface area (Å²) in [6.45, 7) is -0.591. The third-order valence-electron chi connectivity index (χ3n) is 3.30. The molecule has 0 unspecified atom stereocenters. The predicted molar refractivity (Wildman–Crippen MR) is 70.2 cm³/mol. The summed E-state index contributed by atoms with van der Waals surface area (Å²) in [6.07, 6.45) is -3.60. The zero-order valence-corrected chi connectivity index (χ0v) is 12.2. The van der Waals surface area contributed by atoms with E-state index < -0.39 is 38.8 Å². The number of nitriles is 1. The van der Waals surface area contributed by atoms with Gasteiger partial charge in [0.25, 0.3) is 0 Å². The molecule has 2 rings (SSSR count). The van der Waals surface area contributed by atoms with Gasteiger partial charge in [0, 0.05) is 12.6 Å². The van der Waals surface area contributed by atoms with Crippen molar-refractivity contribution in [2.24, 2.45) is 0 Å². The molecule has 1 N–H and O–H groups in total. The van der Waals surface area contributed by atoms with Crippen LogP contribution >= 0.6 is 0 Å². The lowest BCUT2D eigenvalue weighted by atomic mass is 10.1. The second kappa shape index (κ2) is 5.87. The van der Waals surface area contributed by atoms with Crippen LogP contribution in [0.2, 0.25) is 0 Å². The molecule has 0 aliphatic heterocycles. The van der Waals surface area contributed by atoms with E-state index in [0.29, 0.717) is 18.9 Å². The molecule has 1 aliphatic rings. The summed E-state index contributed by atoms with van der Waals surface area (Å²) >= 11 is 0. The van der Waals surface area contributed by atoms with Gasteiger partial charge in [-0.2, -0.15) is 22.7 Å². The van der Waals surface area contributed by atoms with Gasteiger partial charge in [-0.15, -0.1) is 0 Å². The van der Waals surface area contributed by atoms with E-state index in [1.165, 1.54) is 6.07 Å². The normalized spacial score (nSPS) is 15.8. The van der Waals surface area contributed by atoms with Gasteiger partial charge in [0.05, 0.1) is 28.7 Å². The van der Waals surface area contributed by atoms with Gasteiger partial charge in [-0.25, -0.2) is 8.42 Å². The van der Waals surface area contributed by atoms with Crippen LogP contribution in [-0.2, 0) is 16.2 Å². The van der Waals surface area contributed by atoms with Crippen molar-refractivity contribution in [2.45, 2.75) is 30.0 Å². The highest BCUT2D eigenvalue weighted by Gasteiger charge is 2.40. The van der Waals surface area contributed by atoms with E-state index in [-0.39, 0.29) is 12.6 Å². The van der Waals surface area contributed by atoms with Crippen LogP contribution in [0, 0.1) is 11.3 Å². The van der Waals surface area contributed by atoms with E-state index >= 15 is 0 Å². The molecule has 0 heterocycles. The van der Waals surface area contributed by atoms with Crippen molar-refractivity contribution in [1.82, 2.24) is 4.31 Å². The van der Waals surface area contributed by atoms with Crippen molar-refractivity contribution in [1.29, 1.82) is 5.26 Å². The predicted octanol–water partition coefficient (Wildman–Crippen LogP) is 1.72. The van der Waals surface area contributed by atoms with Crippen LogP contribution in [0.5, 0.6) is 0 Å². The van der Waals surface area contributed by atoms with Gasteiger partial charge in [0.2, 0.25) is 10.0 Å². The van der Waals surface area contributed by atoms with Gasteiger partial charge in [0.1, 0.15) is 0 Å². The first-order valence-electron chi connectivity index (χ1n) is 6.46. The number of rotatable bonds is 5. The Hall–Kier alpha value is -1.63. The molecule has 0 aromatic heterocycles. The van der Waals surface area contributed by atoms with E-state index in [2.05, 4.69) is 0 Å². The number of aliphatic hydroxyl groups excluding tert-OH is 1. The molecular formula is C13H13F3N2O3S. The molecule has 22 heavy (non-hydrogen) atoms. The maximum Gasteiger partial charge on any atom is 0.417 e. The lowest BCUT2D eigenvalue weighted by Crippen LogP contribution is -2.35. The number of nitrogens with zero attached hydrogens (tertiary/aromatic N) is 2. The van der Waals surface area contributed by atoms with Gasteiger partial charge in [-0.05, 0) is 31.0 Å². The summed E-state index contributed by atoms with van der Waals surface area (Å²) in [7, 11) is -4.14. The molecule has 0 radical (unpaired) electrons. The molecule has 0 atom stereocenters. The Morgan fingerprint density at radius 2 is 2.00 bits per heavy atom. The summed E-state index contributed by atoms with van der Waals surface area (Å²) in [6, 6.07) is 3.41. The third-order valence-corrected chi connectivity index (χ3v) is 5.25. The minimum absolute atomic E-state index is 0.172. The second-order valence-corrected chi connectivity index (χ2v) is 6.78. The van der Waals surface area contributed by atoms with E-state index in [4.69, 9.17) is 10.4 Å². The number of hydrogen-bond donors (Lipinski definition) is 1. The lowest BCUT2D eigenvalue weighted by Gasteiger charge is -2.21. The molecule has 1 aromatic rings. The molecule has 1 aliphatic carbocycles. The molecule has 1 aromatic carbocycles. The third kappa shape index (κ3) is 3.24. The first-order valence-corrected chi connectivity index (χ1v) is 7.90. The molecule has 1 saturated carbocycles. The highest BCUT2D eigenvalue weighted by atomic mass is 32.2. The molecule has 0 bridgehead atoms. The molecule has 0 spiro atoms. The molecule has 0 amide bonds. The number of hydrogen-bond acceptors (Lipinski definition) is 4. The topological polar surface area (TPSA) is 81.4 Å². The number of benzene rings is 1. The Balaban J connectivity index is 2.50. The van der Waals surface area contributed by atoms with E-state index in [0.717, 1.165) is 16.4 Å². The largest absolute Gasteiger partial charge is 0.417 e. The Bertz CT molecular complexity index is 706. The Labute approximate surface area is 125 Å². The highest BCUT2D eigenvalue weighted by molar-refractivity contribution is 7.89.